The van der Waals surface area contributed by atoms with Crippen LogP contribution in [-0.2, 0) is 9.53 Å². The van der Waals surface area contributed by atoms with Gasteiger partial charge in [-0.1, -0.05) is 0 Å². The van der Waals surface area contributed by atoms with Crippen LogP contribution in [0.1, 0.15) is 6.92 Å². The Morgan fingerprint density at radius 1 is 1.32 bits per heavy atom. The van der Waals surface area contributed by atoms with E-state index in [0.29, 0.717) is 11.7 Å². The molecule has 1 aliphatic rings. The van der Waals surface area contributed by atoms with Crippen molar-refractivity contribution in [2.45, 2.75) is 13.0 Å². The maximum atomic E-state index is 11.4. The van der Waals surface area contributed by atoms with E-state index in [2.05, 4.69) is 30.3 Å². The topological polar surface area (TPSA) is 67.8 Å². The molecule has 0 aliphatic carbocycles. The van der Waals surface area contributed by atoms with Crippen molar-refractivity contribution in [2.75, 3.05) is 45.2 Å². The summed E-state index contributed by atoms with van der Waals surface area (Å²) in [6.07, 6.45) is -0.680. The van der Waals surface area contributed by atoms with Gasteiger partial charge in [0.05, 0.1) is 18.8 Å². The van der Waals surface area contributed by atoms with Gasteiger partial charge in [-0.25, -0.2) is 4.79 Å². The van der Waals surface area contributed by atoms with Crippen LogP contribution >= 0.6 is 11.7 Å². The number of aromatic nitrogens is 2. The SMILES string of the molecule is COC(=O)C(C)Oc1nsnc1N1CCN(C)CC1. The number of nitrogens with zero attached hydrogens (tertiary/aromatic N) is 4. The van der Waals surface area contributed by atoms with Crippen molar-refractivity contribution in [1.82, 2.24) is 13.6 Å². The number of hydrogen-bond donors (Lipinski definition) is 0. The summed E-state index contributed by atoms with van der Waals surface area (Å²) in [5.41, 5.74) is 0. The number of likely N-dealkylation sites (N-methyl/N-ethyl adjacent to an activating group) is 1. The molecule has 8 heteroatoms. The zero-order valence-corrected chi connectivity index (χ0v) is 12.1. The molecule has 106 valence electrons. The molecule has 1 aromatic rings. The summed E-state index contributed by atoms with van der Waals surface area (Å²) in [6.45, 7) is 5.35. The highest BCUT2D eigenvalue weighted by atomic mass is 32.1. The molecule has 2 rings (SSSR count). The largest absolute Gasteiger partial charge is 0.466 e. The molecule has 1 aliphatic heterocycles. The van der Waals surface area contributed by atoms with E-state index in [1.165, 1.54) is 7.11 Å². The molecule has 1 saturated heterocycles. The smallest absolute Gasteiger partial charge is 0.346 e. The molecule has 0 aromatic carbocycles. The fourth-order valence-electron chi connectivity index (χ4n) is 1.84. The van der Waals surface area contributed by atoms with Crippen molar-refractivity contribution in [3.63, 3.8) is 0 Å². The van der Waals surface area contributed by atoms with Crippen molar-refractivity contribution >= 4 is 23.5 Å². The van der Waals surface area contributed by atoms with Crippen molar-refractivity contribution < 1.29 is 14.3 Å². The normalized spacial score (nSPS) is 18.2. The number of anilines is 1. The number of carbonyl (C=O) groups excluding carboxylic acids is 1. The average molecular weight is 286 g/mol. The maximum absolute atomic E-state index is 11.4. The first-order valence-electron chi connectivity index (χ1n) is 6.12. The Hall–Kier alpha value is -1.41. The molecule has 0 spiro atoms. The van der Waals surface area contributed by atoms with Gasteiger partial charge in [-0.2, -0.15) is 4.37 Å². The van der Waals surface area contributed by atoms with Crippen LogP contribution in [0.2, 0.25) is 0 Å². The molecular formula is C11H18N4O3S. The van der Waals surface area contributed by atoms with Crippen LogP contribution in [-0.4, -0.2) is 66.1 Å². The van der Waals surface area contributed by atoms with E-state index < -0.39 is 12.1 Å². The number of esters is 1. The van der Waals surface area contributed by atoms with Crippen LogP contribution in [0.3, 0.4) is 0 Å². The standard InChI is InChI=1S/C11H18N4O3S/c1-8(11(16)17-3)18-10-9(12-19-13-10)15-6-4-14(2)5-7-15/h8H,4-7H2,1-3H3. The Bertz CT molecular complexity index is 431. The minimum absolute atomic E-state index is 0.410. The zero-order valence-electron chi connectivity index (χ0n) is 11.3. The predicted octanol–water partition coefficient (Wildman–Crippen LogP) is 0.230. The van der Waals surface area contributed by atoms with Crippen LogP contribution < -0.4 is 9.64 Å². The van der Waals surface area contributed by atoms with E-state index in [9.17, 15) is 4.79 Å². The number of methoxy groups -OCH3 is 1. The Kier molecular flexibility index (Phi) is 4.54. The molecule has 0 radical (unpaired) electrons. The van der Waals surface area contributed by atoms with Gasteiger partial charge in [0.25, 0.3) is 5.88 Å². The lowest BCUT2D eigenvalue weighted by Crippen LogP contribution is -2.44. The van der Waals surface area contributed by atoms with Crippen molar-refractivity contribution in [2.24, 2.45) is 0 Å². The van der Waals surface area contributed by atoms with Gasteiger partial charge in [-0.3, -0.25) is 0 Å². The number of carbonyl (C=O) groups is 1. The summed E-state index contributed by atoms with van der Waals surface area (Å²) < 4.78 is 18.5. The fourth-order valence-corrected chi connectivity index (χ4v) is 2.35. The first kappa shape index (κ1) is 14.0. The molecule has 1 aromatic heterocycles. The highest BCUT2D eigenvalue weighted by Gasteiger charge is 2.24. The molecular weight excluding hydrogens is 268 g/mol. The molecule has 1 unspecified atom stereocenters. The summed E-state index contributed by atoms with van der Waals surface area (Å²) in [6, 6.07) is 0. The number of ether oxygens (including phenoxy) is 2. The molecule has 7 nitrogen and oxygen atoms in total. The van der Waals surface area contributed by atoms with E-state index >= 15 is 0 Å². The quantitative estimate of drug-likeness (QED) is 0.734. The van der Waals surface area contributed by atoms with Crippen molar-refractivity contribution in [1.29, 1.82) is 0 Å². The van der Waals surface area contributed by atoms with Gasteiger partial charge in [0.2, 0.25) is 5.82 Å². The molecule has 1 atom stereocenters. The third kappa shape index (κ3) is 3.32. The van der Waals surface area contributed by atoms with Crippen LogP contribution in [0.5, 0.6) is 5.88 Å². The summed E-state index contributed by atoms with van der Waals surface area (Å²) >= 11 is 1.09. The van der Waals surface area contributed by atoms with E-state index in [1.54, 1.807) is 6.92 Å². The van der Waals surface area contributed by atoms with Crippen molar-refractivity contribution in [3.8, 4) is 5.88 Å². The molecule has 1 fully saturated rings. The van der Waals surface area contributed by atoms with Gasteiger partial charge in [0, 0.05) is 26.2 Å². The Morgan fingerprint density at radius 2 is 2.00 bits per heavy atom. The van der Waals surface area contributed by atoms with Crippen LogP contribution in [0, 0.1) is 0 Å². The van der Waals surface area contributed by atoms with E-state index in [0.717, 1.165) is 37.9 Å². The van der Waals surface area contributed by atoms with Gasteiger partial charge in [0.15, 0.2) is 6.10 Å². The minimum Gasteiger partial charge on any atom is -0.466 e. The third-order valence-electron chi connectivity index (χ3n) is 3.07. The molecule has 0 bridgehead atoms. The first-order valence-corrected chi connectivity index (χ1v) is 6.85. The third-order valence-corrected chi connectivity index (χ3v) is 3.57. The Morgan fingerprint density at radius 3 is 2.63 bits per heavy atom. The average Bonchev–Trinajstić information content (AvgIpc) is 2.86. The lowest BCUT2D eigenvalue weighted by atomic mass is 10.3. The van der Waals surface area contributed by atoms with Crippen molar-refractivity contribution in [3.05, 3.63) is 0 Å². The fraction of sp³-hybridized carbons (Fsp3) is 0.727. The summed E-state index contributed by atoms with van der Waals surface area (Å²) in [4.78, 5) is 15.7. The van der Waals surface area contributed by atoms with Crippen LogP contribution in [0.15, 0.2) is 0 Å². The number of hydrogen-bond acceptors (Lipinski definition) is 8. The monoisotopic (exact) mass is 286 g/mol. The maximum Gasteiger partial charge on any atom is 0.346 e. The van der Waals surface area contributed by atoms with Gasteiger partial charge in [-0.15, -0.1) is 4.37 Å². The Labute approximate surface area is 116 Å². The number of rotatable bonds is 4. The highest BCUT2D eigenvalue weighted by Crippen LogP contribution is 2.27. The molecule has 19 heavy (non-hydrogen) atoms. The molecule has 0 saturated carbocycles. The molecule has 2 heterocycles. The Balaban J connectivity index is 2.03. The van der Waals surface area contributed by atoms with Gasteiger partial charge in [-0.05, 0) is 14.0 Å². The molecule has 0 N–H and O–H groups in total. The summed E-state index contributed by atoms with van der Waals surface area (Å²) in [5, 5.41) is 0. The second-order valence-electron chi connectivity index (χ2n) is 4.47. The van der Waals surface area contributed by atoms with E-state index in [1.807, 2.05) is 0 Å². The molecule has 0 amide bonds. The highest BCUT2D eigenvalue weighted by molar-refractivity contribution is 6.99. The van der Waals surface area contributed by atoms with Crippen LogP contribution in [0.4, 0.5) is 5.82 Å². The zero-order chi connectivity index (χ0) is 13.8. The van der Waals surface area contributed by atoms with Gasteiger partial charge < -0.3 is 19.3 Å². The number of piperazine rings is 1. The first-order chi connectivity index (χ1) is 9.11. The van der Waals surface area contributed by atoms with Gasteiger partial charge in [0.1, 0.15) is 0 Å². The second-order valence-corrected chi connectivity index (χ2v) is 4.99. The van der Waals surface area contributed by atoms with E-state index in [-0.39, 0.29) is 0 Å². The minimum atomic E-state index is -0.680. The predicted molar refractivity (Wildman–Crippen MR) is 71.7 cm³/mol. The van der Waals surface area contributed by atoms with E-state index in [4.69, 9.17) is 4.74 Å². The lowest BCUT2D eigenvalue weighted by Gasteiger charge is -2.32. The van der Waals surface area contributed by atoms with Crippen LogP contribution in [0.25, 0.3) is 0 Å². The lowest BCUT2D eigenvalue weighted by molar-refractivity contribution is -0.148. The summed E-state index contributed by atoms with van der Waals surface area (Å²) in [5.74, 6) is 0.707. The summed E-state index contributed by atoms with van der Waals surface area (Å²) in [7, 11) is 3.43. The van der Waals surface area contributed by atoms with Gasteiger partial charge >= 0.3 is 5.97 Å². The second kappa shape index (κ2) is 6.16.